The summed E-state index contributed by atoms with van der Waals surface area (Å²) in [5.41, 5.74) is 0.933. The van der Waals surface area contributed by atoms with Gasteiger partial charge in [0.15, 0.2) is 11.5 Å². The van der Waals surface area contributed by atoms with Gasteiger partial charge in [0.25, 0.3) is 0 Å². The molecule has 0 unspecified atom stereocenters. The minimum Gasteiger partial charge on any atom is -0.497 e. The van der Waals surface area contributed by atoms with Crippen molar-refractivity contribution in [3.05, 3.63) is 95.1 Å². The molecule has 35 heavy (non-hydrogen) atoms. The Balaban J connectivity index is 1.58. The van der Waals surface area contributed by atoms with E-state index in [1.54, 1.807) is 13.2 Å². The van der Waals surface area contributed by atoms with Crippen LogP contribution in [0.2, 0.25) is 0 Å². The molecule has 0 atom stereocenters. The van der Waals surface area contributed by atoms with E-state index in [1.807, 2.05) is 42.5 Å². The van der Waals surface area contributed by atoms with Gasteiger partial charge in [-0.2, -0.15) is 13.2 Å². The predicted molar refractivity (Wildman–Crippen MR) is 128 cm³/mol. The standard InChI is InChI=1S/C27H26F3NO4/c1-33-22-11-9-21(23(17-22)27(28,29)30)10-13-26(32)31-15-14-19-8-12-24(34-2)25(16-19)35-18-20-6-4-3-5-7-20/h3-13,16-17H,14-15,18H2,1-2H3,(H,31,32)/b13-10+. The van der Waals surface area contributed by atoms with Crippen LogP contribution in [0.15, 0.2) is 72.8 Å². The first kappa shape index (κ1) is 25.7. The van der Waals surface area contributed by atoms with Crippen molar-refractivity contribution in [2.24, 2.45) is 0 Å². The molecule has 1 amide bonds. The van der Waals surface area contributed by atoms with Crippen LogP contribution in [0.1, 0.15) is 22.3 Å². The molecule has 0 bridgehead atoms. The normalized spacial score (nSPS) is 11.3. The molecule has 184 valence electrons. The third-order valence-electron chi connectivity index (χ3n) is 5.16. The van der Waals surface area contributed by atoms with E-state index in [-0.39, 0.29) is 11.3 Å². The average Bonchev–Trinajstić information content (AvgIpc) is 2.86. The van der Waals surface area contributed by atoms with Crippen molar-refractivity contribution in [3.63, 3.8) is 0 Å². The minimum atomic E-state index is -4.57. The zero-order valence-corrected chi connectivity index (χ0v) is 19.4. The number of benzene rings is 3. The number of methoxy groups -OCH3 is 2. The summed E-state index contributed by atoms with van der Waals surface area (Å²) in [5.74, 6) is 0.768. The quantitative estimate of drug-likeness (QED) is 0.376. The van der Waals surface area contributed by atoms with Gasteiger partial charge in [0.05, 0.1) is 19.8 Å². The Hall–Kier alpha value is -3.94. The topological polar surface area (TPSA) is 56.8 Å². The Kier molecular flexibility index (Phi) is 8.78. The molecule has 0 saturated heterocycles. The minimum absolute atomic E-state index is 0.0885. The summed E-state index contributed by atoms with van der Waals surface area (Å²) in [6.07, 6.45) is -1.85. The number of halogens is 3. The lowest BCUT2D eigenvalue weighted by molar-refractivity contribution is -0.137. The summed E-state index contributed by atoms with van der Waals surface area (Å²) in [6.45, 7) is 0.676. The molecule has 0 aliphatic heterocycles. The summed E-state index contributed by atoms with van der Waals surface area (Å²) in [7, 11) is 2.85. The second-order valence-corrected chi connectivity index (χ2v) is 7.58. The molecule has 0 fully saturated rings. The fourth-order valence-electron chi connectivity index (χ4n) is 3.33. The molecular weight excluding hydrogens is 459 g/mol. The molecule has 5 nitrogen and oxygen atoms in total. The molecule has 3 aromatic carbocycles. The van der Waals surface area contributed by atoms with Gasteiger partial charge in [-0.05, 0) is 53.5 Å². The Labute approximate surface area is 202 Å². The fourth-order valence-corrected chi connectivity index (χ4v) is 3.33. The molecule has 3 aromatic rings. The van der Waals surface area contributed by atoms with Crippen LogP contribution >= 0.6 is 0 Å². The average molecular weight is 486 g/mol. The number of hydrogen-bond acceptors (Lipinski definition) is 4. The third kappa shape index (κ3) is 7.53. The second-order valence-electron chi connectivity index (χ2n) is 7.58. The largest absolute Gasteiger partial charge is 0.497 e. The molecule has 0 aromatic heterocycles. The Bertz CT molecular complexity index is 1160. The Morgan fingerprint density at radius 3 is 2.37 bits per heavy atom. The number of nitrogens with one attached hydrogen (secondary N) is 1. The van der Waals surface area contributed by atoms with Crippen LogP contribution in [0, 0.1) is 0 Å². The molecule has 0 aliphatic carbocycles. The van der Waals surface area contributed by atoms with Gasteiger partial charge in [-0.15, -0.1) is 0 Å². The van der Waals surface area contributed by atoms with Crippen molar-refractivity contribution in [2.45, 2.75) is 19.2 Å². The van der Waals surface area contributed by atoms with Gasteiger partial charge in [0.2, 0.25) is 5.91 Å². The summed E-state index contributed by atoms with van der Waals surface area (Å²) >= 11 is 0. The molecule has 0 heterocycles. The molecule has 0 aliphatic rings. The molecular formula is C27H26F3NO4. The maximum absolute atomic E-state index is 13.3. The van der Waals surface area contributed by atoms with E-state index in [4.69, 9.17) is 14.2 Å². The molecule has 0 saturated carbocycles. The number of hydrogen-bond donors (Lipinski definition) is 1. The van der Waals surface area contributed by atoms with Crippen LogP contribution in [0.25, 0.3) is 6.08 Å². The SMILES string of the molecule is COc1ccc(/C=C/C(=O)NCCc2ccc(OC)c(OCc3ccccc3)c2)c(C(F)(F)F)c1. The van der Waals surface area contributed by atoms with Gasteiger partial charge in [-0.1, -0.05) is 42.5 Å². The highest BCUT2D eigenvalue weighted by Gasteiger charge is 2.33. The molecule has 3 rings (SSSR count). The van der Waals surface area contributed by atoms with Gasteiger partial charge < -0.3 is 19.5 Å². The summed E-state index contributed by atoms with van der Waals surface area (Å²) in [4.78, 5) is 12.2. The van der Waals surface area contributed by atoms with E-state index in [0.717, 1.165) is 29.3 Å². The van der Waals surface area contributed by atoms with E-state index in [0.29, 0.717) is 31.1 Å². The van der Waals surface area contributed by atoms with E-state index < -0.39 is 17.6 Å². The number of rotatable bonds is 10. The lowest BCUT2D eigenvalue weighted by Crippen LogP contribution is -2.23. The molecule has 1 N–H and O–H groups in total. The Morgan fingerprint density at radius 1 is 0.914 bits per heavy atom. The highest BCUT2D eigenvalue weighted by Crippen LogP contribution is 2.35. The van der Waals surface area contributed by atoms with Crippen LogP contribution in [-0.2, 0) is 24.0 Å². The zero-order valence-electron chi connectivity index (χ0n) is 19.4. The molecule has 0 spiro atoms. The van der Waals surface area contributed by atoms with Crippen LogP contribution in [0.5, 0.6) is 17.2 Å². The van der Waals surface area contributed by atoms with Gasteiger partial charge in [-0.25, -0.2) is 0 Å². The van der Waals surface area contributed by atoms with Crippen LogP contribution < -0.4 is 19.5 Å². The first-order chi connectivity index (χ1) is 16.8. The van der Waals surface area contributed by atoms with Gasteiger partial charge in [-0.3, -0.25) is 4.79 Å². The fraction of sp³-hybridized carbons (Fsp3) is 0.222. The van der Waals surface area contributed by atoms with E-state index in [9.17, 15) is 18.0 Å². The van der Waals surface area contributed by atoms with Gasteiger partial charge in [0, 0.05) is 12.6 Å². The third-order valence-corrected chi connectivity index (χ3v) is 5.16. The molecule has 0 radical (unpaired) electrons. The van der Waals surface area contributed by atoms with Crippen molar-refractivity contribution >= 4 is 12.0 Å². The summed E-state index contributed by atoms with van der Waals surface area (Å²) in [5, 5.41) is 2.68. The monoisotopic (exact) mass is 485 g/mol. The lowest BCUT2D eigenvalue weighted by atomic mass is 10.1. The zero-order chi connectivity index (χ0) is 25.3. The van der Waals surface area contributed by atoms with Crippen LogP contribution in [0.4, 0.5) is 13.2 Å². The van der Waals surface area contributed by atoms with E-state index >= 15 is 0 Å². The van der Waals surface area contributed by atoms with Crippen molar-refractivity contribution in [1.82, 2.24) is 5.32 Å². The maximum Gasteiger partial charge on any atom is 0.417 e. The smallest absolute Gasteiger partial charge is 0.417 e. The Morgan fingerprint density at radius 2 is 1.69 bits per heavy atom. The van der Waals surface area contributed by atoms with Crippen molar-refractivity contribution < 1.29 is 32.2 Å². The van der Waals surface area contributed by atoms with Gasteiger partial charge >= 0.3 is 6.18 Å². The van der Waals surface area contributed by atoms with Crippen LogP contribution in [0.3, 0.4) is 0 Å². The highest BCUT2D eigenvalue weighted by atomic mass is 19.4. The first-order valence-corrected chi connectivity index (χ1v) is 10.8. The molecule has 8 heteroatoms. The first-order valence-electron chi connectivity index (χ1n) is 10.8. The predicted octanol–water partition coefficient (Wildman–Crippen LogP) is 5.67. The van der Waals surface area contributed by atoms with Crippen LogP contribution in [-0.4, -0.2) is 26.7 Å². The highest BCUT2D eigenvalue weighted by molar-refractivity contribution is 5.92. The number of carbonyl (C=O) groups excluding carboxylic acids is 1. The second kappa shape index (κ2) is 12.0. The summed E-state index contributed by atoms with van der Waals surface area (Å²) < 4.78 is 56.1. The lowest BCUT2D eigenvalue weighted by Gasteiger charge is -2.13. The summed E-state index contributed by atoms with van der Waals surface area (Å²) in [6, 6.07) is 18.8. The van der Waals surface area contributed by atoms with E-state index in [1.165, 1.54) is 19.2 Å². The number of amides is 1. The van der Waals surface area contributed by atoms with Crippen molar-refractivity contribution in [1.29, 1.82) is 0 Å². The maximum atomic E-state index is 13.3. The van der Waals surface area contributed by atoms with E-state index in [2.05, 4.69) is 5.32 Å². The number of carbonyl (C=O) groups is 1. The van der Waals surface area contributed by atoms with Crippen molar-refractivity contribution in [2.75, 3.05) is 20.8 Å². The number of alkyl halides is 3. The van der Waals surface area contributed by atoms with Crippen molar-refractivity contribution in [3.8, 4) is 17.2 Å². The van der Waals surface area contributed by atoms with Gasteiger partial charge in [0.1, 0.15) is 12.4 Å². The number of ether oxygens (including phenoxy) is 3.